The van der Waals surface area contributed by atoms with Gasteiger partial charge in [0, 0.05) is 0 Å². The maximum absolute atomic E-state index is 12.1. The summed E-state index contributed by atoms with van der Waals surface area (Å²) in [6.45, 7) is 6.67. The average molecular weight is 314 g/mol. The first-order chi connectivity index (χ1) is 10.2. The lowest BCUT2D eigenvalue weighted by molar-refractivity contribution is 0.222. The summed E-state index contributed by atoms with van der Waals surface area (Å²) in [4.78, 5) is 0. The van der Waals surface area contributed by atoms with Crippen molar-refractivity contribution in [2.75, 3.05) is 19.4 Å². The molecule has 0 spiro atoms. The zero-order chi connectivity index (χ0) is 15.8. The molecule has 0 fully saturated rings. The second-order valence-corrected chi connectivity index (χ2v) is 6.79. The molecule has 0 atom stereocenters. The summed E-state index contributed by atoms with van der Waals surface area (Å²) in [6.07, 6.45) is 18.5. The molecule has 0 aromatic rings. The third-order valence-electron chi connectivity index (χ3n) is 2.78. The third-order valence-corrected chi connectivity index (χ3v) is 4.74. The molecule has 122 valence electrons. The van der Waals surface area contributed by atoms with E-state index in [0.29, 0.717) is 19.4 Å². The molecule has 0 unspecified atom stereocenters. The van der Waals surface area contributed by atoms with Crippen molar-refractivity contribution in [2.45, 2.75) is 52.9 Å². The van der Waals surface area contributed by atoms with Crippen LogP contribution in [0.5, 0.6) is 0 Å². The van der Waals surface area contributed by atoms with E-state index in [1.807, 2.05) is 32.1 Å². The first-order valence-electron chi connectivity index (χ1n) is 8.03. The third kappa shape index (κ3) is 12.8. The molecule has 0 aliphatic heterocycles. The molecular formula is C17H31O3P. The summed E-state index contributed by atoms with van der Waals surface area (Å²) in [7, 11) is -2.93. The van der Waals surface area contributed by atoms with Gasteiger partial charge in [-0.1, -0.05) is 56.2 Å². The largest absolute Gasteiger partial charge is 0.334 e. The fourth-order valence-corrected chi connectivity index (χ4v) is 3.22. The van der Waals surface area contributed by atoms with Gasteiger partial charge in [0.2, 0.25) is 0 Å². The molecule has 0 rings (SSSR count). The minimum absolute atomic E-state index is 0.325. The van der Waals surface area contributed by atoms with Crippen molar-refractivity contribution in [1.82, 2.24) is 0 Å². The second kappa shape index (κ2) is 14.3. The van der Waals surface area contributed by atoms with Gasteiger partial charge in [-0.15, -0.1) is 0 Å². The topological polar surface area (TPSA) is 35.5 Å². The van der Waals surface area contributed by atoms with Crippen molar-refractivity contribution in [3.63, 3.8) is 0 Å². The van der Waals surface area contributed by atoms with Crippen LogP contribution in [0.25, 0.3) is 0 Å². The lowest BCUT2D eigenvalue weighted by Crippen LogP contribution is -1.98. The van der Waals surface area contributed by atoms with Gasteiger partial charge in [0.05, 0.1) is 19.4 Å². The van der Waals surface area contributed by atoms with E-state index in [4.69, 9.17) is 9.05 Å². The summed E-state index contributed by atoms with van der Waals surface area (Å²) < 4.78 is 22.6. The van der Waals surface area contributed by atoms with E-state index in [-0.39, 0.29) is 0 Å². The standard InChI is InChI=1S/C17H31O3P/c1-4-7-8-9-10-11-12-13-14-15-16-17-21(18,19-5-2)20-6-3/h10-11,13-16H,4-9,12,17H2,1-3H3/b11-10-,14-13-,16-15+. The molecule has 0 heterocycles. The minimum Gasteiger partial charge on any atom is -0.309 e. The molecule has 0 N–H and O–H groups in total. The fraction of sp³-hybridized carbons (Fsp3) is 0.647. The highest BCUT2D eigenvalue weighted by atomic mass is 31.2. The lowest BCUT2D eigenvalue weighted by atomic mass is 10.2. The SMILES string of the molecule is CCCCC/C=C\C/C=C\C=C\CP(=O)(OCC)OCC. The van der Waals surface area contributed by atoms with E-state index >= 15 is 0 Å². The van der Waals surface area contributed by atoms with Gasteiger partial charge in [0.15, 0.2) is 0 Å². The first-order valence-corrected chi connectivity index (χ1v) is 9.76. The van der Waals surface area contributed by atoms with Crippen LogP contribution in [0.3, 0.4) is 0 Å². The Morgan fingerprint density at radius 1 is 0.857 bits per heavy atom. The predicted molar refractivity (Wildman–Crippen MR) is 91.9 cm³/mol. The van der Waals surface area contributed by atoms with E-state index in [9.17, 15) is 4.57 Å². The van der Waals surface area contributed by atoms with E-state index in [2.05, 4.69) is 25.2 Å². The Balaban J connectivity index is 3.88. The molecule has 0 amide bonds. The monoisotopic (exact) mass is 314 g/mol. The van der Waals surface area contributed by atoms with Crippen LogP contribution in [0.2, 0.25) is 0 Å². The Labute approximate surface area is 130 Å². The molecule has 3 nitrogen and oxygen atoms in total. The normalized spacial score (nSPS) is 13.1. The van der Waals surface area contributed by atoms with Gasteiger partial charge in [0.1, 0.15) is 0 Å². The molecule has 0 bridgehead atoms. The molecular weight excluding hydrogens is 283 g/mol. The predicted octanol–water partition coefficient (Wildman–Crippen LogP) is 5.89. The Bertz CT molecular complexity index is 349. The molecule has 0 saturated heterocycles. The lowest BCUT2D eigenvalue weighted by Gasteiger charge is -2.14. The van der Waals surface area contributed by atoms with Gasteiger partial charge in [-0.25, -0.2) is 0 Å². The molecule has 0 aromatic heterocycles. The number of unbranched alkanes of at least 4 members (excludes halogenated alkanes) is 3. The van der Waals surface area contributed by atoms with Gasteiger partial charge in [-0.3, -0.25) is 4.57 Å². The van der Waals surface area contributed by atoms with Gasteiger partial charge in [-0.2, -0.15) is 0 Å². The van der Waals surface area contributed by atoms with E-state index in [1.54, 1.807) is 0 Å². The summed E-state index contributed by atoms with van der Waals surface area (Å²) in [5.74, 6) is 0. The molecule has 0 aromatic carbocycles. The zero-order valence-corrected chi connectivity index (χ0v) is 14.7. The minimum atomic E-state index is -2.93. The van der Waals surface area contributed by atoms with E-state index in [1.165, 1.54) is 25.7 Å². The molecule has 0 aliphatic rings. The van der Waals surface area contributed by atoms with Gasteiger partial charge in [0.25, 0.3) is 0 Å². The Morgan fingerprint density at radius 2 is 1.52 bits per heavy atom. The van der Waals surface area contributed by atoms with Crippen LogP contribution in [-0.2, 0) is 13.6 Å². The number of hydrogen-bond donors (Lipinski definition) is 0. The summed E-state index contributed by atoms with van der Waals surface area (Å²) in [5, 5.41) is 0. The van der Waals surface area contributed by atoms with Crippen molar-refractivity contribution in [3.05, 3.63) is 36.5 Å². The summed E-state index contributed by atoms with van der Waals surface area (Å²) in [6, 6.07) is 0. The van der Waals surface area contributed by atoms with Gasteiger partial charge in [-0.05, 0) is 33.1 Å². The number of rotatable bonds is 13. The van der Waals surface area contributed by atoms with Crippen molar-refractivity contribution in [3.8, 4) is 0 Å². The average Bonchev–Trinajstić information content (AvgIpc) is 2.45. The van der Waals surface area contributed by atoms with E-state index < -0.39 is 7.60 Å². The van der Waals surface area contributed by atoms with Crippen LogP contribution in [0.4, 0.5) is 0 Å². The van der Waals surface area contributed by atoms with Crippen LogP contribution in [-0.4, -0.2) is 19.4 Å². The van der Waals surface area contributed by atoms with Gasteiger partial charge >= 0.3 is 7.60 Å². The van der Waals surface area contributed by atoms with Crippen molar-refractivity contribution in [1.29, 1.82) is 0 Å². The second-order valence-electron chi connectivity index (χ2n) is 4.69. The Morgan fingerprint density at radius 3 is 2.14 bits per heavy atom. The summed E-state index contributed by atoms with van der Waals surface area (Å²) >= 11 is 0. The highest BCUT2D eigenvalue weighted by Gasteiger charge is 2.20. The molecule has 21 heavy (non-hydrogen) atoms. The highest BCUT2D eigenvalue weighted by Crippen LogP contribution is 2.47. The fourth-order valence-electron chi connectivity index (χ4n) is 1.77. The number of allylic oxidation sites excluding steroid dienone is 6. The van der Waals surface area contributed by atoms with Crippen LogP contribution in [0, 0.1) is 0 Å². The molecule has 0 saturated carbocycles. The maximum atomic E-state index is 12.1. The van der Waals surface area contributed by atoms with Crippen LogP contribution in [0.1, 0.15) is 52.9 Å². The first kappa shape index (κ1) is 20.4. The van der Waals surface area contributed by atoms with Crippen molar-refractivity contribution in [2.24, 2.45) is 0 Å². The summed E-state index contributed by atoms with van der Waals surface area (Å²) in [5.41, 5.74) is 0. The molecule has 0 radical (unpaired) electrons. The molecule has 4 heteroatoms. The smallest absolute Gasteiger partial charge is 0.309 e. The Kier molecular flexibility index (Phi) is 13.9. The van der Waals surface area contributed by atoms with E-state index in [0.717, 1.165) is 6.42 Å². The zero-order valence-electron chi connectivity index (χ0n) is 13.8. The Hall–Kier alpha value is -0.630. The van der Waals surface area contributed by atoms with Crippen LogP contribution < -0.4 is 0 Å². The number of hydrogen-bond acceptors (Lipinski definition) is 3. The molecule has 0 aliphatic carbocycles. The van der Waals surface area contributed by atoms with Crippen molar-refractivity contribution < 1.29 is 13.6 Å². The highest BCUT2D eigenvalue weighted by molar-refractivity contribution is 7.54. The van der Waals surface area contributed by atoms with Gasteiger partial charge < -0.3 is 9.05 Å². The quantitative estimate of drug-likeness (QED) is 0.184. The maximum Gasteiger partial charge on any atom is 0.334 e. The van der Waals surface area contributed by atoms with Crippen LogP contribution >= 0.6 is 7.60 Å². The van der Waals surface area contributed by atoms with Crippen LogP contribution in [0.15, 0.2) is 36.5 Å². The van der Waals surface area contributed by atoms with Crippen molar-refractivity contribution >= 4 is 7.60 Å².